The van der Waals surface area contributed by atoms with Crippen LogP contribution in [-0.4, -0.2) is 44.6 Å². The molecular formula is C24H27NO5. The van der Waals surface area contributed by atoms with E-state index >= 15 is 0 Å². The minimum Gasteiger partial charge on any atom is -0.493 e. The Morgan fingerprint density at radius 3 is 2.37 bits per heavy atom. The monoisotopic (exact) mass is 409 g/mol. The van der Waals surface area contributed by atoms with Crippen LogP contribution in [0.15, 0.2) is 29.9 Å². The van der Waals surface area contributed by atoms with Gasteiger partial charge in [0.15, 0.2) is 11.5 Å². The van der Waals surface area contributed by atoms with Gasteiger partial charge in [-0.15, -0.1) is 0 Å². The molecule has 0 unspecified atom stereocenters. The number of ether oxygens (including phenoxy) is 3. The largest absolute Gasteiger partial charge is 0.493 e. The molecule has 1 aromatic rings. The summed E-state index contributed by atoms with van der Waals surface area (Å²) < 4.78 is 16.0. The van der Waals surface area contributed by atoms with Crippen molar-refractivity contribution in [3.05, 3.63) is 35.4 Å². The van der Waals surface area contributed by atoms with Gasteiger partial charge in [0.25, 0.3) is 11.8 Å². The molecule has 0 bridgehead atoms. The number of benzene rings is 1. The van der Waals surface area contributed by atoms with E-state index in [-0.39, 0.29) is 11.8 Å². The van der Waals surface area contributed by atoms with Gasteiger partial charge in [-0.05, 0) is 43.0 Å². The third-order valence-corrected chi connectivity index (χ3v) is 5.31. The fraction of sp³-hybridized carbons (Fsp3) is 0.417. The van der Waals surface area contributed by atoms with E-state index < -0.39 is 0 Å². The first kappa shape index (κ1) is 21.5. The molecule has 158 valence electrons. The van der Waals surface area contributed by atoms with Crippen LogP contribution in [0.4, 0.5) is 0 Å². The fourth-order valence-electron chi connectivity index (χ4n) is 3.69. The Labute approximate surface area is 177 Å². The molecule has 1 aromatic carbocycles. The first-order chi connectivity index (χ1) is 14.6. The van der Waals surface area contributed by atoms with Gasteiger partial charge in [0.05, 0.1) is 26.9 Å². The third-order valence-electron chi connectivity index (χ3n) is 5.31. The SMILES string of the molecule is COc1cc(C=CC(=O)N2CCC=C(C#CC3CCCC3)C2=O)cc(OC)c1OC. The quantitative estimate of drug-likeness (QED) is 0.549. The molecule has 1 fully saturated rings. The van der Waals surface area contributed by atoms with Crippen molar-refractivity contribution in [2.75, 3.05) is 27.9 Å². The van der Waals surface area contributed by atoms with Crippen molar-refractivity contribution < 1.29 is 23.8 Å². The summed E-state index contributed by atoms with van der Waals surface area (Å²) in [7, 11) is 4.59. The van der Waals surface area contributed by atoms with Gasteiger partial charge in [-0.1, -0.05) is 30.8 Å². The van der Waals surface area contributed by atoms with Crippen LogP contribution in [0.25, 0.3) is 6.08 Å². The normalized spacial score (nSPS) is 16.8. The fourth-order valence-corrected chi connectivity index (χ4v) is 3.69. The molecule has 1 aliphatic heterocycles. The summed E-state index contributed by atoms with van der Waals surface area (Å²) in [6.45, 7) is 0.353. The number of carbonyl (C=O) groups is 2. The molecule has 6 nitrogen and oxygen atoms in total. The Morgan fingerprint density at radius 2 is 1.77 bits per heavy atom. The minimum absolute atomic E-state index is 0.328. The van der Waals surface area contributed by atoms with E-state index in [2.05, 4.69) is 11.8 Å². The highest BCUT2D eigenvalue weighted by Gasteiger charge is 2.25. The zero-order valence-electron chi connectivity index (χ0n) is 17.7. The Bertz CT molecular complexity index is 904. The van der Waals surface area contributed by atoms with Gasteiger partial charge in [-0.25, -0.2) is 0 Å². The average Bonchev–Trinajstić information content (AvgIpc) is 3.29. The highest BCUT2D eigenvalue weighted by molar-refractivity contribution is 6.11. The third kappa shape index (κ3) is 4.85. The maximum atomic E-state index is 12.7. The predicted octanol–water partition coefficient (Wildman–Crippen LogP) is 3.60. The number of imide groups is 1. The van der Waals surface area contributed by atoms with E-state index in [1.165, 1.54) is 45.1 Å². The second-order valence-electron chi connectivity index (χ2n) is 7.24. The standard InChI is InChI=1S/C24H27NO5/c1-28-20-15-18(16-21(29-2)23(20)30-3)11-13-22(26)25-14-6-9-19(24(25)27)12-10-17-7-4-5-8-17/h9,11,13,15-17H,4-8,14H2,1-3H3. The Morgan fingerprint density at radius 1 is 1.10 bits per heavy atom. The number of hydrogen-bond donors (Lipinski definition) is 0. The number of hydrogen-bond acceptors (Lipinski definition) is 5. The van der Waals surface area contributed by atoms with Gasteiger partial charge in [-0.3, -0.25) is 14.5 Å². The molecule has 6 heteroatoms. The molecule has 3 rings (SSSR count). The summed E-state index contributed by atoms with van der Waals surface area (Å²) in [5, 5.41) is 0. The van der Waals surface area contributed by atoms with Crippen molar-refractivity contribution in [3.63, 3.8) is 0 Å². The lowest BCUT2D eigenvalue weighted by molar-refractivity contribution is -0.139. The summed E-state index contributed by atoms with van der Waals surface area (Å²) in [5.74, 6) is 7.34. The van der Waals surface area contributed by atoms with Gasteiger partial charge < -0.3 is 14.2 Å². The Hall–Kier alpha value is -3.20. The zero-order chi connectivity index (χ0) is 21.5. The predicted molar refractivity (Wildman–Crippen MR) is 114 cm³/mol. The van der Waals surface area contributed by atoms with Crippen LogP contribution in [0.5, 0.6) is 17.2 Å². The lowest BCUT2D eigenvalue weighted by Crippen LogP contribution is -2.39. The molecule has 1 aliphatic carbocycles. The van der Waals surface area contributed by atoms with Crippen molar-refractivity contribution in [1.29, 1.82) is 0 Å². The van der Waals surface area contributed by atoms with Crippen LogP contribution in [0.2, 0.25) is 0 Å². The van der Waals surface area contributed by atoms with Crippen molar-refractivity contribution >= 4 is 17.9 Å². The summed E-state index contributed by atoms with van der Waals surface area (Å²) in [6.07, 6.45) is 10.0. The lowest BCUT2D eigenvalue weighted by Gasteiger charge is -2.22. The number of methoxy groups -OCH3 is 3. The molecule has 0 aromatic heterocycles. The van der Waals surface area contributed by atoms with Crippen molar-refractivity contribution in [2.45, 2.75) is 32.1 Å². The average molecular weight is 409 g/mol. The highest BCUT2D eigenvalue weighted by atomic mass is 16.5. The molecule has 0 saturated heterocycles. The van der Waals surface area contributed by atoms with E-state index in [9.17, 15) is 9.59 Å². The molecule has 2 aliphatic rings. The number of rotatable bonds is 5. The van der Waals surface area contributed by atoms with E-state index in [1.54, 1.807) is 18.2 Å². The Kier molecular flexibility index (Phi) is 7.18. The van der Waals surface area contributed by atoms with E-state index in [1.807, 2.05) is 6.08 Å². The van der Waals surface area contributed by atoms with Gasteiger partial charge in [0, 0.05) is 18.5 Å². The van der Waals surface area contributed by atoms with Gasteiger partial charge in [0.2, 0.25) is 5.75 Å². The Balaban J connectivity index is 1.73. The summed E-state index contributed by atoms with van der Waals surface area (Å²) in [6, 6.07) is 3.48. The van der Waals surface area contributed by atoms with Gasteiger partial charge >= 0.3 is 0 Å². The highest BCUT2D eigenvalue weighted by Crippen LogP contribution is 2.38. The topological polar surface area (TPSA) is 65.1 Å². The van der Waals surface area contributed by atoms with E-state index in [0.717, 1.165) is 12.8 Å². The zero-order valence-corrected chi connectivity index (χ0v) is 17.7. The number of amides is 2. The second kappa shape index (κ2) is 10.0. The van der Waals surface area contributed by atoms with Crippen LogP contribution < -0.4 is 14.2 Å². The maximum Gasteiger partial charge on any atom is 0.268 e. The van der Waals surface area contributed by atoms with Crippen molar-refractivity contribution in [1.82, 2.24) is 4.90 Å². The van der Waals surface area contributed by atoms with Crippen LogP contribution in [-0.2, 0) is 9.59 Å². The van der Waals surface area contributed by atoms with Crippen LogP contribution in [0.1, 0.15) is 37.7 Å². The lowest BCUT2D eigenvalue weighted by atomic mass is 10.1. The molecule has 0 spiro atoms. The maximum absolute atomic E-state index is 12.7. The van der Waals surface area contributed by atoms with Crippen LogP contribution in [0, 0.1) is 17.8 Å². The summed E-state index contributed by atoms with van der Waals surface area (Å²) in [4.78, 5) is 26.6. The molecular weight excluding hydrogens is 382 g/mol. The van der Waals surface area contributed by atoms with E-state index in [4.69, 9.17) is 14.2 Å². The summed E-state index contributed by atoms with van der Waals surface area (Å²) >= 11 is 0. The molecule has 30 heavy (non-hydrogen) atoms. The second-order valence-corrected chi connectivity index (χ2v) is 7.24. The first-order valence-electron chi connectivity index (χ1n) is 10.1. The van der Waals surface area contributed by atoms with Crippen molar-refractivity contribution in [3.8, 4) is 29.1 Å². The van der Waals surface area contributed by atoms with Crippen LogP contribution in [0.3, 0.4) is 0 Å². The molecule has 0 atom stereocenters. The first-order valence-corrected chi connectivity index (χ1v) is 10.1. The van der Waals surface area contributed by atoms with E-state index in [0.29, 0.717) is 47.3 Å². The molecule has 0 radical (unpaired) electrons. The van der Waals surface area contributed by atoms with Crippen molar-refractivity contribution in [2.24, 2.45) is 5.92 Å². The smallest absolute Gasteiger partial charge is 0.268 e. The molecule has 1 saturated carbocycles. The molecule has 0 N–H and O–H groups in total. The minimum atomic E-state index is -0.373. The number of carbonyl (C=O) groups excluding carboxylic acids is 2. The molecule has 2 amide bonds. The summed E-state index contributed by atoms with van der Waals surface area (Å²) in [5.41, 5.74) is 1.11. The van der Waals surface area contributed by atoms with Gasteiger partial charge in [-0.2, -0.15) is 0 Å². The van der Waals surface area contributed by atoms with Gasteiger partial charge in [0.1, 0.15) is 0 Å². The van der Waals surface area contributed by atoms with Crippen LogP contribution >= 0.6 is 0 Å². The number of nitrogens with zero attached hydrogens (tertiary/aromatic N) is 1. The molecule has 1 heterocycles.